The Morgan fingerprint density at radius 3 is 2.02 bits per heavy atom. The van der Waals surface area contributed by atoms with Crippen LogP contribution in [0.15, 0.2) is 65.2 Å². The molecule has 55 heavy (non-hydrogen) atoms. The molecule has 0 saturated carbocycles. The van der Waals surface area contributed by atoms with Crippen LogP contribution >= 0.6 is 7.82 Å². The number of carbonyl (C=O) groups excluding carboxylic acids is 2. The highest BCUT2D eigenvalue weighted by atomic mass is 31.2. The third-order valence-corrected chi connectivity index (χ3v) is 9.73. The van der Waals surface area contributed by atoms with E-state index in [0.717, 1.165) is 82.1 Å². The minimum absolute atomic E-state index is 0.0278. The van der Waals surface area contributed by atoms with Gasteiger partial charge < -0.3 is 29.6 Å². The van der Waals surface area contributed by atoms with Gasteiger partial charge in [-0.05, 0) is 82.8 Å². The summed E-state index contributed by atoms with van der Waals surface area (Å²) in [5.41, 5.74) is 7.90. The zero-order chi connectivity index (χ0) is 40.6. The summed E-state index contributed by atoms with van der Waals surface area (Å²) >= 11 is 0. The van der Waals surface area contributed by atoms with Gasteiger partial charge in [0.15, 0.2) is 6.10 Å². The number of furan rings is 1. The number of rotatable bonds is 33. The summed E-state index contributed by atoms with van der Waals surface area (Å²) < 4.78 is 38.8. The molecule has 4 N–H and O–H groups in total. The smallest absolute Gasteiger partial charge is 0.466 e. The van der Waals surface area contributed by atoms with Crippen LogP contribution in [-0.4, -0.2) is 60.5 Å². The lowest BCUT2D eigenvalue weighted by Crippen LogP contribution is -2.29. The summed E-state index contributed by atoms with van der Waals surface area (Å²) in [4.78, 5) is 34.9. The molecule has 1 aromatic heterocycles. The van der Waals surface area contributed by atoms with Gasteiger partial charge in [0.1, 0.15) is 18.1 Å². The first-order valence-electron chi connectivity index (χ1n) is 20.2. The molecule has 0 spiro atoms. The van der Waals surface area contributed by atoms with Crippen LogP contribution in [0.1, 0.15) is 133 Å². The number of aliphatic hydroxyl groups excluding tert-OH is 1. The summed E-state index contributed by atoms with van der Waals surface area (Å²) in [6, 6.07) is 0. The Bertz CT molecular complexity index is 1380. The molecule has 0 aliphatic carbocycles. The molecule has 0 radical (unpaired) electrons. The van der Waals surface area contributed by atoms with E-state index in [9.17, 15) is 24.2 Å². The number of aryl methyl sites for hydroxylation is 2. The number of aliphatic hydroxyl groups is 1. The van der Waals surface area contributed by atoms with Crippen molar-refractivity contribution < 1.29 is 47.1 Å². The van der Waals surface area contributed by atoms with Crippen molar-refractivity contribution in [2.75, 3.05) is 26.4 Å². The molecule has 1 heterocycles. The number of hydrogen-bond acceptors (Lipinski definition) is 10. The molecule has 12 heteroatoms. The quantitative estimate of drug-likeness (QED) is 0.0204. The van der Waals surface area contributed by atoms with Crippen molar-refractivity contribution in [2.45, 2.75) is 149 Å². The molecule has 0 amide bonds. The zero-order valence-corrected chi connectivity index (χ0v) is 34.9. The molecule has 11 nitrogen and oxygen atoms in total. The van der Waals surface area contributed by atoms with Gasteiger partial charge in [0.05, 0.1) is 19.3 Å². The first kappa shape index (κ1) is 50.0. The Kier molecular flexibility index (Phi) is 29.1. The van der Waals surface area contributed by atoms with E-state index >= 15 is 0 Å². The summed E-state index contributed by atoms with van der Waals surface area (Å²) in [7, 11) is -4.42. The maximum atomic E-state index is 12.6. The number of allylic oxidation sites excluding steroid dienone is 9. The van der Waals surface area contributed by atoms with E-state index in [4.69, 9.17) is 28.7 Å². The van der Waals surface area contributed by atoms with Gasteiger partial charge in [-0.25, -0.2) is 4.57 Å². The fraction of sp³-hybridized carbons (Fsp3) is 0.628. The molecule has 0 aliphatic rings. The SMILES string of the molecule is CCCc1oc(CCCCCCCCC(=O)OC[C@H](COP(=O)(O)OCCN)OC(=O)CCC/C=C\C/C=C\C/C=C\C/C=C\C=C\[C@H](O)CC)c(C)c1C. The van der Waals surface area contributed by atoms with Crippen molar-refractivity contribution in [3.63, 3.8) is 0 Å². The summed E-state index contributed by atoms with van der Waals surface area (Å²) in [6.45, 7) is 7.44. The fourth-order valence-corrected chi connectivity index (χ4v) is 6.14. The maximum absolute atomic E-state index is 12.6. The molecule has 3 atom stereocenters. The Hall–Kier alpha value is -3.05. The van der Waals surface area contributed by atoms with E-state index in [-0.39, 0.29) is 38.7 Å². The molecular formula is C43H70NO10P. The van der Waals surface area contributed by atoms with E-state index < -0.39 is 32.5 Å². The molecule has 1 rings (SSSR count). The minimum atomic E-state index is -4.42. The standard InChI is InChI=1S/C43H70NO10P/c1-5-27-40-36(3)37(4)41(54-40)29-24-20-17-18-21-25-30-42(46)50-34-39(35-52-55(48,49)51-33-32-44)53-43(47)31-26-22-16-14-12-10-8-7-9-11-13-15-19-23-28-38(45)6-2/h8-11,14-16,19,23,28,38-39,45H,5-7,12-13,17-18,20-22,24-27,29-35,44H2,1-4H3,(H,48,49)/b10-8-,11-9-,16-14-,19-15-,28-23+/t38-,39-/m1/s1. The lowest BCUT2D eigenvalue weighted by atomic mass is 10.0. The number of ether oxygens (including phenoxy) is 2. The number of nitrogens with two attached hydrogens (primary N) is 1. The Morgan fingerprint density at radius 1 is 0.764 bits per heavy atom. The van der Waals surface area contributed by atoms with Crippen molar-refractivity contribution in [1.29, 1.82) is 0 Å². The number of phosphoric ester groups is 1. The van der Waals surface area contributed by atoms with E-state index in [1.165, 1.54) is 11.1 Å². The predicted molar refractivity (Wildman–Crippen MR) is 220 cm³/mol. The van der Waals surface area contributed by atoms with Gasteiger partial charge >= 0.3 is 19.8 Å². The van der Waals surface area contributed by atoms with E-state index in [0.29, 0.717) is 25.7 Å². The summed E-state index contributed by atoms with van der Waals surface area (Å²) in [5, 5.41) is 9.47. The van der Waals surface area contributed by atoms with Crippen LogP contribution in [0.25, 0.3) is 0 Å². The molecule has 0 aliphatic heterocycles. The third kappa shape index (κ3) is 26.4. The molecule has 0 bridgehead atoms. The van der Waals surface area contributed by atoms with Crippen molar-refractivity contribution in [2.24, 2.45) is 5.73 Å². The Labute approximate surface area is 330 Å². The maximum Gasteiger partial charge on any atom is 0.472 e. The minimum Gasteiger partial charge on any atom is -0.466 e. The fourth-order valence-electron chi connectivity index (χ4n) is 5.37. The molecule has 0 fully saturated rings. The molecular weight excluding hydrogens is 721 g/mol. The molecule has 312 valence electrons. The Morgan fingerprint density at radius 2 is 1.36 bits per heavy atom. The topological polar surface area (TPSA) is 168 Å². The van der Waals surface area contributed by atoms with Gasteiger partial charge in [-0.1, -0.05) is 100 Å². The van der Waals surface area contributed by atoms with Gasteiger partial charge in [0.25, 0.3) is 0 Å². The van der Waals surface area contributed by atoms with Crippen LogP contribution in [0.3, 0.4) is 0 Å². The summed E-state index contributed by atoms with van der Waals surface area (Å²) in [6.07, 6.45) is 32.2. The second-order valence-electron chi connectivity index (χ2n) is 13.6. The van der Waals surface area contributed by atoms with Crippen LogP contribution in [-0.2, 0) is 45.5 Å². The van der Waals surface area contributed by atoms with Crippen molar-refractivity contribution in [3.8, 4) is 0 Å². The monoisotopic (exact) mass is 791 g/mol. The average Bonchev–Trinajstić information content (AvgIpc) is 3.43. The van der Waals surface area contributed by atoms with Gasteiger partial charge in [-0.2, -0.15) is 0 Å². The highest BCUT2D eigenvalue weighted by Crippen LogP contribution is 2.43. The molecule has 0 saturated heterocycles. The average molecular weight is 792 g/mol. The van der Waals surface area contributed by atoms with Crippen LogP contribution in [0.5, 0.6) is 0 Å². The number of hydrogen-bond donors (Lipinski definition) is 3. The summed E-state index contributed by atoms with van der Waals surface area (Å²) in [5.74, 6) is 1.27. The van der Waals surface area contributed by atoms with Gasteiger partial charge in [0, 0.05) is 32.2 Å². The third-order valence-electron chi connectivity index (χ3n) is 8.75. The lowest BCUT2D eigenvalue weighted by Gasteiger charge is -2.19. The second-order valence-corrected chi connectivity index (χ2v) is 15.0. The molecule has 1 unspecified atom stereocenters. The largest absolute Gasteiger partial charge is 0.472 e. The Balaban J connectivity index is 2.34. The normalized spacial score (nSPS) is 14.5. The van der Waals surface area contributed by atoms with Crippen LogP contribution in [0.2, 0.25) is 0 Å². The van der Waals surface area contributed by atoms with E-state index in [2.05, 4.69) is 45.1 Å². The van der Waals surface area contributed by atoms with Crippen molar-refractivity contribution in [1.82, 2.24) is 0 Å². The van der Waals surface area contributed by atoms with Gasteiger partial charge in [-0.15, -0.1) is 0 Å². The van der Waals surface area contributed by atoms with Crippen LogP contribution in [0, 0.1) is 13.8 Å². The number of phosphoric acid groups is 1. The van der Waals surface area contributed by atoms with E-state index in [1.54, 1.807) is 6.08 Å². The first-order chi connectivity index (χ1) is 26.5. The van der Waals surface area contributed by atoms with Crippen LogP contribution in [0.4, 0.5) is 0 Å². The predicted octanol–water partition coefficient (Wildman–Crippen LogP) is 9.56. The number of carbonyl (C=O) groups is 2. The highest BCUT2D eigenvalue weighted by Gasteiger charge is 2.26. The van der Waals surface area contributed by atoms with Gasteiger partial charge in [0.2, 0.25) is 0 Å². The van der Waals surface area contributed by atoms with Crippen molar-refractivity contribution in [3.05, 3.63) is 83.4 Å². The van der Waals surface area contributed by atoms with E-state index in [1.807, 2.05) is 37.3 Å². The van der Waals surface area contributed by atoms with Crippen LogP contribution < -0.4 is 5.73 Å². The highest BCUT2D eigenvalue weighted by molar-refractivity contribution is 7.47. The first-order valence-corrected chi connectivity index (χ1v) is 21.7. The lowest BCUT2D eigenvalue weighted by molar-refractivity contribution is -0.161. The number of unbranched alkanes of at least 4 members (excludes halogenated alkanes) is 6. The number of esters is 2. The second kappa shape index (κ2) is 32.1. The van der Waals surface area contributed by atoms with Crippen molar-refractivity contribution >= 4 is 19.8 Å². The zero-order valence-electron chi connectivity index (χ0n) is 34.0. The molecule has 1 aromatic rings. The molecule has 0 aromatic carbocycles. The van der Waals surface area contributed by atoms with Gasteiger partial charge in [-0.3, -0.25) is 18.6 Å².